The monoisotopic (exact) mass is 294 g/mol. The molecule has 0 unspecified atom stereocenters. The maximum absolute atomic E-state index is 12.1. The number of rotatable bonds is 4. The number of phenols is 1. The number of non-ortho nitro benzene ring substituents is 1. The number of nitrogens with one attached hydrogen (secondary N) is 1. The Hall–Kier alpha value is -2.61. The van der Waals surface area contributed by atoms with Gasteiger partial charge in [-0.05, 0) is 18.2 Å². The molecule has 8 heteroatoms. The van der Waals surface area contributed by atoms with Crippen LogP contribution in [-0.2, 0) is 10.0 Å². The summed E-state index contributed by atoms with van der Waals surface area (Å²) in [5.41, 5.74) is -0.329. The Labute approximate surface area is 114 Å². The molecular formula is C12H10N2O5S. The van der Waals surface area contributed by atoms with Crippen LogP contribution in [0.4, 0.5) is 11.4 Å². The number of hydrogen-bond donors (Lipinski definition) is 2. The molecule has 2 aromatic rings. The van der Waals surface area contributed by atoms with Crippen molar-refractivity contribution < 1.29 is 18.4 Å². The van der Waals surface area contributed by atoms with Crippen molar-refractivity contribution in [2.24, 2.45) is 0 Å². The van der Waals surface area contributed by atoms with Gasteiger partial charge in [0.05, 0.1) is 15.5 Å². The zero-order chi connectivity index (χ0) is 14.8. The van der Waals surface area contributed by atoms with Crippen LogP contribution in [0.5, 0.6) is 5.75 Å². The quantitative estimate of drug-likeness (QED) is 0.510. The fourth-order valence-corrected chi connectivity index (χ4v) is 2.64. The van der Waals surface area contributed by atoms with Crippen LogP contribution in [-0.4, -0.2) is 18.4 Å². The number of aromatic hydroxyl groups is 1. The van der Waals surface area contributed by atoms with E-state index in [0.29, 0.717) is 0 Å². The average molecular weight is 294 g/mol. The van der Waals surface area contributed by atoms with Crippen molar-refractivity contribution in [3.05, 3.63) is 58.6 Å². The molecular weight excluding hydrogens is 284 g/mol. The second-order valence-corrected chi connectivity index (χ2v) is 5.56. The highest BCUT2D eigenvalue weighted by Crippen LogP contribution is 2.26. The van der Waals surface area contributed by atoms with E-state index in [2.05, 4.69) is 4.72 Å². The fraction of sp³-hybridized carbons (Fsp3) is 0. The molecule has 0 radical (unpaired) electrons. The molecule has 2 aromatic carbocycles. The van der Waals surface area contributed by atoms with E-state index in [0.717, 1.165) is 6.07 Å². The molecule has 104 valence electrons. The molecule has 7 nitrogen and oxygen atoms in total. The third-order valence-corrected chi connectivity index (χ3v) is 3.85. The molecule has 0 heterocycles. The minimum Gasteiger partial charge on any atom is -0.506 e. The molecule has 0 fully saturated rings. The zero-order valence-electron chi connectivity index (χ0n) is 10.1. The maximum atomic E-state index is 12.1. The van der Waals surface area contributed by atoms with Crippen LogP contribution in [0.1, 0.15) is 0 Å². The minimum absolute atomic E-state index is 0.000920. The van der Waals surface area contributed by atoms with Gasteiger partial charge in [-0.25, -0.2) is 8.42 Å². The standard InChI is InChI=1S/C12H10N2O5S/c15-12-7-2-1-6-11(12)13-20(18,19)10-5-3-4-9(8-10)14(16)17/h1-8,13,15H. The third-order valence-electron chi connectivity index (χ3n) is 2.49. The van der Waals surface area contributed by atoms with Gasteiger partial charge in [-0.2, -0.15) is 0 Å². The van der Waals surface area contributed by atoms with Crippen molar-refractivity contribution in [1.29, 1.82) is 0 Å². The minimum atomic E-state index is -4.01. The smallest absolute Gasteiger partial charge is 0.270 e. The predicted molar refractivity (Wildman–Crippen MR) is 72.0 cm³/mol. The molecule has 20 heavy (non-hydrogen) atoms. The van der Waals surface area contributed by atoms with Crippen LogP contribution in [0.3, 0.4) is 0 Å². The van der Waals surface area contributed by atoms with Gasteiger partial charge in [0.15, 0.2) is 0 Å². The van der Waals surface area contributed by atoms with Gasteiger partial charge in [-0.3, -0.25) is 14.8 Å². The van der Waals surface area contributed by atoms with Crippen molar-refractivity contribution >= 4 is 21.4 Å². The van der Waals surface area contributed by atoms with E-state index >= 15 is 0 Å². The first-order valence-corrected chi connectivity index (χ1v) is 6.94. The fourth-order valence-electron chi connectivity index (χ4n) is 1.53. The lowest BCUT2D eigenvalue weighted by Crippen LogP contribution is -2.13. The number of sulfonamides is 1. The average Bonchev–Trinajstić information content (AvgIpc) is 2.41. The summed E-state index contributed by atoms with van der Waals surface area (Å²) in [4.78, 5) is 9.71. The van der Waals surface area contributed by atoms with Crippen molar-refractivity contribution in [3.63, 3.8) is 0 Å². The van der Waals surface area contributed by atoms with Crippen molar-refractivity contribution in [2.45, 2.75) is 4.90 Å². The van der Waals surface area contributed by atoms with E-state index in [1.54, 1.807) is 12.1 Å². The highest BCUT2D eigenvalue weighted by molar-refractivity contribution is 7.92. The largest absolute Gasteiger partial charge is 0.506 e. The highest BCUT2D eigenvalue weighted by Gasteiger charge is 2.18. The van der Waals surface area contributed by atoms with Crippen molar-refractivity contribution in [2.75, 3.05) is 4.72 Å². The Kier molecular flexibility index (Phi) is 3.57. The number of anilines is 1. The van der Waals surface area contributed by atoms with Crippen LogP contribution in [0.2, 0.25) is 0 Å². The van der Waals surface area contributed by atoms with Crippen LogP contribution in [0.25, 0.3) is 0 Å². The van der Waals surface area contributed by atoms with E-state index < -0.39 is 14.9 Å². The van der Waals surface area contributed by atoms with E-state index in [-0.39, 0.29) is 22.0 Å². The van der Waals surface area contributed by atoms with Crippen LogP contribution in [0, 0.1) is 10.1 Å². The normalized spacial score (nSPS) is 11.0. The predicted octanol–water partition coefficient (Wildman–Crippen LogP) is 2.10. The number of nitro benzene ring substituents is 1. The summed E-state index contributed by atoms with van der Waals surface area (Å²) in [5.74, 6) is -0.235. The molecule has 0 bridgehead atoms. The Morgan fingerprint density at radius 1 is 1.10 bits per heavy atom. The summed E-state index contributed by atoms with van der Waals surface area (Å²) < 4.78 is 26.3. The van der Waals surface area contributed by atoms with Gasteiger partial charge in [0, 0.05) is 12.1 Å². The third kappa shape index (κ3) is 2.86. The van der Waals surface area contributed by atoms with Gasteiger partial charge in [0.2, 0.25) is 0 Å². The van der Waals surface area contributed by atoms with E-state index in [9.17, 15) is 23.6 Å². The van der Waals surface area contributed by atoms with Gasteiger partial charge in [-0.1, -0.05) is 18.2 Å². The van der Waals surface area contributed by atoms with Gasteiger partial charge in [0.1, 0.15) is 5.75 Å². The Bertz CT molecular complexity index is 758. The number of benzene rings is 2. The summed E-state index contributed by atoms with van der Waals surface area (Å²) in [6, 6.07) is 10.4. The van der Waals surface area contributed by atoms with Gasteiger partial charge >= 0.3 is 0 Å². The van der Waals surface area contributed by atoms with Crippen LogP contribution >= 0.6 is 0 Å². The molecule has 0 atom stereocenters. The van der Waals surface area contributed by atoms with E-state index in [1.165, 1.54) is 30.3 Å². The lowest BCUT2D eigenvalue weighted by atomic mass is 10.3. The Balaban J connectivity index is 2.38. The lowest BCUT2D eigenvalue weighted by molar-refractivity contribution is -0.385. The number of para-hydroxylation sites is 2. The van der Waals surface area contributed by atoms with Crippen LogP contribution < -0.4 is 4.72 Å². The summed E-state index contributed by atoms with van der Waals surface area (Å²) in [7, 11) is -4.01. The maximum Gasteiger partial charge on any atom is 0.270 e. The highest BCUT2D eigenvalue weighted by atomic mass is 32.2. The Morgan fingerprint density at radius 3 is 2.45 bits per heavy atom. The summed E-state index contributed by atoms with van der Waals surface area (Å²) in [6.07, 6.45) is 0. The Morgan fingerprint density at radius 2 is 1.80 bits per heavy atom. The topological polar surface area (TPSA) is 110 Å². The SMILES string of the molecule is O=[N+]([O-])c1cccc(S(=O)(=O)Nc2ccccc2O)c1. The first-order valence-electron chi connectivity index (χ1n) is 5.45. The van der Waals surface area contributed by atoms with E-state index in [4.69, 9.17) is 0 Å². The van der Waals surface area contributed by atoms with Crippen LogP contribution in [0.15, 0.2) is 53.4 Å². The molecule has 0 saturated carbocycles. The molecule has 2 rings (SSSR count). The van der Waals surface area contributed by atoms with Crippen molar-refractivity contribution in [1.82, 2.24) is 0 Å². The summed E-state index contributed by atoms with van der Waals surface area (Å²) in [6.45, 7) is 0. The first kappa shape index (κ1) is 13.8. The van der Waals surface area contributed by atoms with Gasteiger partial charge in [-0.15, -0.1) is 0 Å². The second-order valence-electron chi connectivity index (χ2n) is 3.88. The molecule has 0 saturated heterocycles. The summed E-state index contributed by atoms with van der Waals surface area (Å²) in [5, 5.41) is 20.2. The van der Waals surface area contributed by atoms with Crippen molar-refractivity contribution in [3.8, 4) is 5.75 Å². The molecule has 0 aliphatic heterocycles. The molecule has 0 aromatic heterocycles. The lowest BCUT2D eigenvalue weighted by Gasteiger charge is -2.09. The number of hydrogen-bond acceptors (Lipinski definition) is 5. The number of nitrogens with zero attached hydrogens (tertiary/aromatic N) is 1. The summed E-state index contributed by atoms with van der Waals surface area (Å²) >= 11 is 0. The van der Waals surface area contributed by atoms with Gasteiger partial charge in [0.25, 0.3) is 15.7 Å². The van der Waals surface area contributed by atoms with Gasteiger partial charge < -0.3 is 5.11 Å². The number of phenolic OH excluding ortho intramolecular Hbond substituents is 1. The molecule has 0 aliphatic rings. The van der Waals surface area contributed by atoms with E-state index in [1.807, 2.05) is 0 Å². The molecule has 0 spiro atoms. The molecule has 0 amide bonds. The first-order chi connectivity index (χ1) is 9.40. The second kappa shape index (κ2) is 5.17. The number of nitro groups is 1. The molecule has 2 N–H and O–H groups in total. The molecule has 0 aliphatic carbocycles. The zero-order valence-corrected chi connectivity index (χ0v) is 10.9.